The van der Waals surface area contributed by atoms with Gasteiger partial charge in [0.05, 0.1) is 12.5 Å². The van der Waals surface area contributed by atoms with Crippen molar-refractivity contribution in [3.8, 4) is 0 Å². The predicted molar refractivity (Wildman–Crippen MR) is 187 cm³/mol. The summed E-state index contributed by atoms with van der Waals surface area (Å²) in [5.74, 6) is -10.6. The molecule has 1 fully saturated rings. The van der Waals surface area contributed by atoms with Crippen LogP contribution in [-0.2, 0) is 43.2 Å². The van der Waals surface area contributed by atoms with Crippen molar-refractivity contribution in [3.63, 3.8) is 0 Å². The number of carbonyl (C=O) groups excluding carboxylic acids is 5. The van der Waals surface area contributed by atoms with Crippen molar-refractivity contribution in [1.29, 1.82) is 0 Å². The lowest BCUT2D eigenvalue weighted by Gasteiger charge is -2.30. The highest BCUT2D eigenvalue weighted by Crippen LogP contribution is 2.27. The molecule has 53 heavy (non-hydrogen) atoms. The summed E-state index contributed by atoms with van der Waals surface area (Å²) in [4.78, 5) is 112. The minimum absolute atomic E-state index is 0.0263. The summed E-state index contributed by atoms with van der Waals surface area (Å²) >= 11 is 0. The summed E-state index contributed by atoms with van der Waals surface area (Å²) in [6.07, 6.45) is 1.72. The number of hydrogen-bond acceptors (Lipinski definition) is 10. The number of amides is 5. The zero-order chi connectivity index (χ0) is 40.4. The zero-order valence-corrected chi connectivity index (χ0v) is 30.7. The Labute approximate surface area is 307 Å². The second-order valence-electron chi connectivity index (χ2n) is 14.3. The second-order valence-corrected chi connectivity index (χ2v) is 14.3. The van der Waals surface area contributed by atoms with Crippen molar-refractivity contribution in [1.82, 2.24) is 26.6 Å². The van der Waals surface area contributed by atoms with Crippen LogP contribution in [0.25, 0.3) is 0 Å². The van der Waals surface area contributed by atoms with Crippen molar-refractivity contribution in [2.45, 2.75) is 141 Å². The molecule has 1 aliphatic carbocycles. The van der Waals surface area contributed by atoms with Gasteiger partial charge in [0.15, 0.2) is 0 Å². The number of nitrogens with two attached hydrogens (primary N) is 1. The zero-order valence-electron chi connectivity index (χ0n) is 30.7. The molecule has 0 aliphatic heterocycles. The Hall–Kier alpha value is -4.81. The number of nitrogens with one attached hydrogen (secondary N) is 5. The molecule has 300 valence electrons. The lowest BCUT2D eigenvalue weighted by Crippen LogP contribution is -2.60. The Morgan fingerprint density at radius 1 is 0.585 bits per heavy atom. The number of carboxylic acid groups (broad SMARTS) is 4. The predicted octanol–water partition coefficient (Wildman–Crippen LogP) is -0.301. The van der Waals surface area contributed by atoms with Gasteiger partial charge in [-0.15, -0.1) is 0 Å². The summed E-state index contributed by atoms with van der Waals surface area (Å²) in [6, 6.07) is -8.50. The van der Waals surface area contributed by atoms with Gasteiger partial charge in [0.1, 0.15) is 30.2 Å². The summed E-state index contributed by atoms with van der Waals surface area (Å²) in [6.45, 7) is 6.64. The van der Waals surface area contributed by atoms with E-state index in [1.807, 2.05) is 0 Å². The van der Waals surface area contributed by atoms with Crippen LogP contribution < -0.4 is 32.3 Å². The first-order valence-corrected chi connectivity index (χ1v) is 17.9. The van der Waals surface area contributed by atoms with Crippen molar-refractivity contribution < 1.29 is 63.6 Å². The van der Waals surface area contributed by atoms with Gasteiger partial charge in [0.25, 0.3) is 0 Å². The van der Waals surface area contributed by atoms with E-state index in [2.05, 4.69) is 26.6 Å². The van der Waals surface area contributed by atoms with Crippen molar-refractivity contribution >= 4 is 53.4 Å². The third-order valence-electron chi connectivity index (χ3n) is 8.79. The van der Waals surface area contributed by atoms with Gasteiger partial charge in [-0.25, -0.2) is 4.79 Å². The highest BCUT2D eigenvalue weighted by molar-refractivity contribution is 5.97. The van der Waals surface area contributed by atoms with E-state index in [9.17, 15) is 58.5 Å². The fourth-order valence-corrected chi connectivity index (χ4v) is 5.91. The number of aliphatic carboxylic acids is 4. The van der Waals surface area contributed by atoms with Gasteiger partial charge >= 0.3 is 23.9 Å². The molecule has 6 atom stereocenters. The number of carboxylic acids is 4. The van der Waals surface area contributed by atoms with Crippen LogP contribution in [0.15, 0.2) is 0 Å². The van der Waals surface area contributed by atoms with E-state index in [0.29, 0.717) is 0 Å². The molecule has 11 N–H and O–H groups in total. The summed E-state index contributed by atoms with van der Waals surface area (Å²) in [5.41, 5.74) is 5.59. The molecule has 1 saturated carbocycles. The third kappa shape index (κ3) is 18.0. The van der Waals surface area contributed by atoms with Crippen molar-refractivity contribution in [3.05, 3.63) is 0 Å². The van der Waals surface area contributed by atoms with Gasteiger partial charge in [0, 0.05) is 12.8 Å². The average Bonchev–Trinajstić information content (AvgIpc) is 3.05. The van der Waals surface area contributed by atoms with Crippen LogP contribution >= 0.6 is 0 Å². The van der Waals surface area contributed by atoms with Crippen LogP contribution in [0.5, 0.6) is 0 Å². The Kier molecular flexibility index (Phi) is 20.0. The van der Waals surface area contributed by atoms with Gasteiger partial charge in [-0.05, 0) is 43.4 Å². The normalized spacial score (nSPS) is 16.6. The van der Waals surface area contributed by atoms with Crippen LogP contribution in [0.4, 0.5) is 0 Å². The number of hydrogen-bond donors (Lipinski definition) is 10. The lowest BCUT2D eigenvalue weighted by molar-refractivity contribution is -0.143. The maximum Gasteiger partial charge on any atom is 0.326 e. The Morgan fingerprint density at radius 2 is 1.02 bits per heavy atom. The maximum absolute atomic E-state index is 13.7. The Morgan fingerprint density at radius 3 is 1.45 bits per heavy atom. The van der Waals surface area contributed by atoms with E-state index < -0.39 is 128 Å². The third-order valence-corrected chi connectivity index (χ3v) is 8.79. The first-order valence-electron chi connectivity index (χ1n) is 17.9. The minimum Gasteiger partial charge on any atom is -0.481 e. The molecule has 1 rings (SSSR count). The quantitative estimate of drug-likeness (QED) is 0.0605. The molecule has 0 bridgehead atoms. The molecule has 0 aromatic heterocycles. The molecule has 0 radical (unpaired) electrons. The van der Waals surface area contributed by atoms with Crippen LogP contribution in [0.2, 0.25) is 0 Å². The molecule has 0 spiro atoms. The smallest absolute Gasteiger partial charge is 0.326 e. The first-order chi connectivity index (χ1) is 24.7. The van der Waals surface area contributed by atoms with Gasteiger partial charge in [0.2, 0.25) is 29.5 Å². The standard InChI is InChI=1S/C34H56N6O13/c1-17(2)14-23(38-30(48)21(10-12-25(41)42)36-29(47)20(35)16-27(45)46)32(50)37-22(11-13-26(43)44)31(49)39-24(15-19-8-6-5-7-9-19)33(51)40-28(18(3)4)34(52)53/h17-24,28H,5-16,35H2,1-4H3,(H,36,47)(H,37,50)(H,38,48)(H,39,49)(H,40,51)(H,41,42)(H,43,44)(H,45,46)(H,52,53)/t20-,21-,22-,23-,24-,28-/m0/s1. The van der Waals surface area contributed by atoms with E-state index in [0.717, 1.165) is 32.1 Å². The highest BCUT2D eigenvalue weighted by atomic mass is 16.4. The van der Waals surface area contributed by atoms with Crippen LogP contribution in [-0.4, -0.2) is 110 Å². The summed E-state index contributed by atoms with van der Waals surface area (Å²) in [5, 5.41) is 49.3. The van der Waals surface area contributed by atoms with E-state index in [1.165, 1.54) is 0 Å². The first kappa shape index (κ1) is 46.2. The van der Waals surface area contributed by atoms with Gasteiger partial charge in [-0.1, -0.05) is 59.8 Å². The van der Waals surface area contributed by atoms with E-state index in [-0.39, 0.29) is 24.7 Å². The Balaban J connectivity index is 3.34. The van der Waals surface area contributed by atoms with E-state index in [1.54, 1.807) is 27.7 Å². The topological polar surface area (TPSA) is 321 Å². The molecule has 0 heterocycles. The summed E-state index contributed by atoms with van der Waals surface area (Å²) in [7, 11) is 0. The highest BCUT2D eigenvalue weighted by Gasteiger charge is 2.35. The fourth-order valence-electron chi connectivity index (χ4n) is 5.91. The van der Waals surface area contributed by atoms with Crippen molar-refractivity contribution in [2.75, 3.05) is 0 Å². The van der Waals surface area contributed by atoms with Gasteiger partial charge in [-0.3, -0.25) is 38.4 Å². The average molecular weight is 757 g/mol. The van der Waals surface area contributed by atoms with E-state index in [4.69, 9.17) is 10.8 Å². The summed E-state index contributed by atoms with van der Waals surface area (Å²) < 4.78 is 0. The van der Waals surface area contributed by atoms with E-state index >= 15 is 0 Å². The lowest BCUT2D eigenvalue weighted by atomic mass is 9.84. The van der Waals surface area contributed by atoms with Crippen LogP contribution in [0, 0.1) is 17.8 Å². The Bertz CT molecular complexity index is 1320. The number of carbonyl (C=O) groups is 9. The molecule has 0 unspecified atom stereocenters. The minimum atomic E-state index is -1.57. The van der Waals surface area contributed by atoms with Crippen LogP contribution in [0.3, 0.4) is 0 Å². The monoisotopic (exact) mass is 756 g/mol. The molecular formula is C34H56N6O13. The maximum atomic E-state index is 13.7. The number of rotatable bonds is 24. The molecule has 19 nitrogen and oxygen atoms in total. The second kappa shape index (κ2) is 23.0. The SMILES string of the molecule is CC(C)C[C@H](NC(=O)[C@H](CCC(=O)O)NC(=O)[C@@H](N)CC(=O)O)C(=O)N[C@@H](CCC(=O)O)C(=O)N[C@@H](CC1CCCCC1)C(=O)N[C@H](C(=O)O)C(C)C. The van der Waals surface area contributed by atoms with Crippen LogP contribution in [0.1, 0.15) is 105 Å². The molecule has 0 aromatic carbocycles. The molecule has 1 aliphatic rings. The molecule has 19 heteroatoms. The largest absolute Gasteiger partial charge is 0.481 e. The van der Waals surface area contributed by atoms with Crippen molar-refractivity contribution in [2.24, 2.45) is 23.5 Å². The molecule has 5 amide bonds. The van der Waals surface area contributed by atoms with Gasteiger partial charge < -0.3 is 52.7 Å². The fraction of sp³-hybridized carbons (Fsp3) is 0.735. The van der Waals surface area contributed by atoms with Gasteiger partial charge in [-0.2, -0.15) is 0 Å². The molecule has 0 saturated heterocycles. The molecule has 0 aromatic rings. The molecular weight excluding hydrogens is 700 g/mol.